The molecular formula is C19H35IN6O. The molecular weight excluding hydrogens is 455 g/mol. The van der Waals surface area contributed by atoms with E-state index in [0.717, 1.165) is 57.2 Å². The van der Waals surface area contributed by atoms with Crippen molar-refractivity contribution in [3.63, 3.8) is 0 Å². The zero-order valence-electron chi connectivity index (χ0n) is 17.1. The molecule has 0 bridgehead atoms. The van der Waals surface area contributed by atoms with Crippen LogP contribution in [-0.4, -0.2) is 52.1 Å². The number of nitrogens with zero attached hydrogens (tertiary/aromatic N) is 4. The van der Waals surface area contributed by atoms with Gasteiger partial charge in [-0.05, 0) is 26.2 Å². The lowest BCUT2D eigenvalue weighted by Crippen LogP contribution is -2.64. The molecule has 2 N–H and O–H groups in total. The van der Waals surface area contributed by atoms with Crippen LogP contribution in [0.15, 0.2) is 11.3 Å². The van der Waals surface area contributed by atoms with Gasteiger partial charge in [-0.2, -0.15) is 5.10 Å². The number of hydrogen-bond donors (Lipinski definition) is 2. The van der Waals surface area contributed by atoms with Crippen molar-refractivity contribution in [3.8, 4) is 0 Å². The zero-order valence-corrected chi connectivity index (χ0v) is 19.4. The molecule has 0 radical (unpaired) electrons. The maximum absolute atomic E-state index is 6.07. The van der Waals surface area contributed by atoms with Crippen molar-refractivity contribution >= 4 is 29.9 Å². The number of guanidine groups is 1. The van der Waals surface area contributed by atoms with Gasteiger partial charge in [0.05, 0.1) is 12.6 Å². The lowest BCUT2D eigenvalue weighted by molar-refractivity contribution is -0.113. The predicted molar refractivity (Wildman–Crippen MR) is 119 cm³/mol. The highest BCUT2D eigenvalue weighted by Gasteiger charge is 2.49. The summed E-state index contributed by atoms with van der Waals surface area (Å²) in [7, 11) is 0. The van der Waals surface area contributed by atoms with Gasteiger partial charge in [-0.25, -0.2) is 9.67 Å². The second-order valence-corrected chi connectivity index (χ2v) is 8.03. The average molecular weight is 490 g/mol. The molecule has 2 aliphatic rings. The Bertz CT molecular complexity index is 617. The Labute approximate surface area is 180 Å². The predicted octanol–water partition coefficient (Wildman–Crippen LogP) is 2.75. The summed E-state index contributed by atoms with van der Waals surface area (Å²) in [6.07, 6.45) is 7.36. The first-order valence-corrected chi connectivity index (χ1v) is 10.1. The summed E-state index contributed by atoms with van der Waals surface area (Å²) in [6, 6.07) is 0.722. The minimum atomic E-state index is 0. The molecule has 2 heterocycles. The van der Waals surface area contributed by atoms with Crippen LogP contribution in [0.1, 0.15) is 59.2 Å². The van der Waals surface area contributed by atoms with Gasteiger partial charge >= 0.3 is 0 Å². The average Bonchev–Trinajstić information content (AvgIpc) is 3.08. The number of aliphatic imine (C=N–C) groups is 1. The molecule has 3 rings (SSSR count). The summed E-state index contributed by atoms with van der Waals surface area (Å²) in [5.74, 6) is 1.99. The van der Waals surface area contributed by atoms with Crippen LogP contribution in [0.25, 0.3) is 0 Å². The van der Waals surface area contributed by atoms with Crippen LogP contribution in [0.3, 0.4) is 0 Å². The largest absolute Gasteiger partial charge is 0.378 e. The summed E-state index contributed by atoms with van der Waals surface area (Å²) >= 11 is 0. The van der Waals surface area contributed by atoms with E-state index < -0.39 is 0 Å². The normalized spacial score (nSPS) is 26.5. The smallest absolute Gasteiger partial charge is 0.191 e. The van der Waals surface area contributed by atoms with Crippen molar-refractivity contribution in [3.05, 3.63) is 12.2 Å². The molecule has 0 spiro atoms. The molecule has 3 atom stereocenters. The SMILES string of the molecule is CCCCOC1CC(NC(=NCC)NC2CCc3ncnn3C2)C1(C)C.I. The third kappa shape index (κ3) is 5.34. The molecule has 1 aromatic heterocycles. The molecule has 1 saturated carbocycles. The number of aryl methyl sites for hydroxylation is 1. The molecule has 1 fully saturated rings. The Kier molecular flexibility index (Phi) is 8.33. The van der Waals surface area contributed by atoms with Crippen molar-refractivity contribution in [1.82, 2.24) is 25.4 Å². The number of nitrogens with one attached hydrogen (secondary N) is 2. The minimum Gasteiger partial charge on any atom is -0.378 e. The molecule has 0 saturated heterocycles. The first-order chi connectivity index (χ1) is 12.5. The number of fused-ring (bicyclic) bond motifs is 1. The molecule has 7 nitrogen and oxygen atoms in total. The first-order valence-electron chi connectivity index (χ1n) is 10.1. The standard InChI is InChI=1S/C19H34N6O.HI/c1-5-7-10-26-16-11-15(19(16,3)4)24-18(20-6-2)23-14-8-9-17-21-13-22-25(17)12-14;/h13-16H,5-12H2,1-4H3,(H2,20,23,24);1H. The first kappa shape index (κ1) is 22.4. The van der Waals surface area contributed by atoms with Gasteiger partial charge in [-0.3, -0.25) is 4.99 Å². The zero-order chi connectivity index (χ0) is 18.6. The van der Waals surface area contributed by atoms with Crippen LogP contribution in [0.5, 0.6) is 0 Å². The van der Waals surface area contributed by atoms with Crippen LogP contribution in [0.4, 0.5) is 0 Å². The van der Waals surface area contributed by atoms with Gasteiger partial charge in [-0.1, -0.05) is 27.2 Å². The monoisotopic (exact) mass is 490 g/mol. The molecule has 1 aromatic rings. The van der Waals surface area contributed by atoms with E-state index in [9.17, 15) is 0 Å². The summed E-state index contributed by atoms with van der Waals surface area (Å²) in [5, 5.41) is 11.6. The third-order valence-corrected chi connectivity index (χ3v) is 5.77. The molecule has 27 heavy (non-hydrogen) atoms. The second-order valence-electron chi connectivity index (χ2n) is 8.03. The summed E-state index contributed by atoms with van der Waals surface area (Å²) in [5.41, 5.74) is 0.121. The molecule has 3 unspecified atom stereocenters. The lowest BCUT2D eigenvalue weighted by Gasteiger charge is -2.52. The van der Waals surface area contributed by atoms with E-state index >= 15 is 0 Å². The van der Waals surface area contributed by atoms with E-state index in [0.29, 0.717) is 18.2 Å². The topological polar surface area (TPSA) is 76.4 Å². The number of hydrogen-bond acceptors (Lipinski definition) is 4. The van der Waals surface area contributed by atoms with Gasteiger partial charge in [0.2, 0.25) is 0 Å². The van der Waals surface area contributed by atoms with Crippen LogP contribution >= 0.6 is 24.0 Å². The fourth-order valence-corrected chi connectivity index (χ4v) is 3.79. The van der Waals surface area contributed by atoms with E-state index in [-0.39, 0.29) is 29.4 Å². The number of ether oxygens (including phenoxy) is 1. The highest BCUT2D eigenvalue weighted by Crippen LogP contribution is 2.42. The Hall–Kier alpha value is -0.900. The minimum absolute atomic E-state index is 0. The van der Waals surface area contributed by atoms with E-state index in [1.54, 1.807) is 6.33 Å². The maximum Gasteiger partial charge on any atom is 0.191 e. The van der Waals surface area contributed by atoms with Crippen molar-refractivity contribution < 1.29 is 4.74 Å². The number of aromatic nitrogens is 3. The van der Waals surface area contributed by atoms with Crippen molar-refractivity contribution in [2.45, 2.75) is 84.5 Å². The molecule has 8 heteroatoms. The van der Waals surface area contributed by atoms with E-state index in [1.165, 1.54) is 6.42 Å². The van der Waals surface area contributed by atoms with Gasteiger partial charge in [0.25, 0.3) is 0 Å². The molecule has 0 aromatic carbocycles. The van der Waals surface area contributed by atoms with Crippen molar-refractivity contribution in [2.75, 3.05) is 13.2 Å². The second kappa shape index (κ2) is 10.0. The van der Waals surface area contributed by atoms with Gasteiger partial charge in [0, 0.05) is 37.1 Å². The van der Waals surface area contributed by atoms with Crippen LogP contribution in [-0.2, 0) is 17.7 Å². The number of unbranched alkanes of at least 4 members (excludes halogenated alkanes) is 1. The Morgan fingerprint density at radius 2 is 2.19 bits per heavy atom. The molecule has 0 amide bonds. The van der Waals surface area contributed by atoms with Gasteiger partial charge < -0.3 is 15.4 Å². The lowest BCUT2D eigenvalue weighted by atomic mass is 9.64. The molecule has 154 valence electrons. The Balaban J connectivity index is 0.00000261. The summed E-state index contributed by atoms with van der Waals surface area (Å²) in [6.45, 7) is 11.3. The summed E-state index contributed by atoms with van der Waals surface area (Å²) in [4.78, 5) is 8.96. The molecule has 1 aliphatic heterocycles. The van der Waals surface area contributed by atoms with Crippen LogP contribution in [0.2, 0.25) is 0 Å². The van der Waals surface area contributed by atoms with Gasteiger partial charge in [0.1, 0.15) is 12.2 Å². The third-order valence-electron chi connectivity index (χ3n) is 5.77. The van der Waals surface area contributed by atoms with Gasteiger partial charge in [-0.15, -0.1) is 24.0 Å². The maximum atomic E-state index is 6.07. The Morgan fingerprint density at radius 1 is 1.37 bits per heavy atom. The van der Waals surface area contributed by atoms with Crippen LogP contribution < -0.4 is 10.6 Å². The fourth-order valence-electron chi connectivity index (χ4n) is 3.79. The molecule has 1 aliphatic carbocycles. The number of rotatable bonds is 7. The Morgan fingerprint density at radius 3 is 2.89 bits per heavy atom. The highest BCUT2D eigenvalue weighted by molar-refractivity contribution is 14.0. The van der Waals surface area contributed by atoms with Crippen molar-refractivity contribution in [2.24, 2.45) is 10.4 Å². The fraction of sp³-hybridized carbons (Fsp3) is 0.842. The van der Waals surface area contributed by atoms with E-state index in [2.05, 4.69) is 53.4 Å². The quantitative estimate of drug-likeness (QED) is 0.266. The van der Waals surface area contributed by atoms with Crippen LogP contribution in [0, 0.1) is 5.41 Å². The van der Waals surface area contributed by atoms with E-state index in [4.69, 9.17) is 4.74 Å². The summed E-state index contributed by atoms with van der Waals surface area (Å²) < 4.78 is 8.06. The van der Waals surface area contributed by atoms with Crippen molar-refractivity contribution in [1.29, 1.82) is 0 Å². The number of halogens is 1. The highest BCUT2D eigenvalue weighted by atomic mass is 127. The van der Waals surface area contributed by atoms with Gasteiger partial charge in [0.15, 0.2) is 5.96 Å². The van der Waals surface area contributed by atoms with E-state index in [1.807, 2.05) is 4.68 Å².